The first-order valence-electron chi connectivity index (χ1n) is 13.5. The Bertz CT molecular complexity index is 893. The zero-order valence-corrected chi connectivity index (χ0v) is 23.3. The Morgan fingerprint density at radius 2 is 1.12 bits per heavy atom. The van der Waals surface area contributed by atoms with Gasteiger partial charge in [0.25, 0.3) is 0 Å². The van der Waals surface area contributed by atoms with Gasteiger partial charge in [0.1, 0.15) is 18.1 Å². The van der Waals surface area contributed by atoms with Gasteiger partial charge in [0, 0.05) is 18.8 Å². The van der Waals surface area contributed by atoms with Gasteiger partial charge in [0.15, 0.2) is 0 Å². The Balaban J connectivity index is 5.54. The Hall–Kier alpha value is -3.71. The minimum Gasteiger partial charge on any atom is -0.481 e. The molecule has 0 aliphatic carbocycles. The largest absolute Gasteiger partial charge is 0.481 e. The molecule has 40 heavy (non-hydrogen) atoms. The van der Waals surface area contributed by atoms with Crippen LogP contribution in [0.25, 0.3) is 0 Å². The molecule has 14 heteroatoms. The molecule has 5 unspecified atom stereocenters. The number of hydrogen-bond donors (Lipinski definition) is 7. The van der Waals surface area contributed by atoms with Crippen LogP contribution in [-0.2, 0) is 33.6 Å². The summed E-state index contributed by atoms with van der Waals surface area (Å²) in [4.78, 5) is 83.3. The van der Waals surface area contributed by atoms with E-state index in [0.717, 1.165) is 25.7 Å². The van der Waals surface area contributed by atoms with Crippen molar-refractivity contribution in [2.75, 3.05) is 0 Å². The summed E-state index contributed by atoms with van der Waals surface area (Å²) in [5.74, 6) is -9.47. The van der Waals surface area contributed by atoms with Gasteiger partial charge >= 0.3 is 23.9 Å². The third-order valence-corrected chi connectivity index (χ3v) is 6.32. The van der Waals surface area contributed by atoms with Gasteiger partial charge in [-0.2, -0.15) is 0 Å². The number of aliphatic carboxylic acids is 4. The lowest BCUT2D eigenvalue weighted by Gasteiger charge is -2.25. The van der Waals surface area contributed by atoms with Crippen molar-refractivity contribution in [3.05, 3.63) is 0 Å². The number of rotatable bonds is 22. The average Bonchev–Trinajstić information content (AvgIpc) is 2.86. The van der Waals surface area contributed by atoms with Crippen molar-refractivity contribution in [2.24, 2.45) is 11.8 Å². The number of carbonyl (C=O) groups is 7. The molecule has 0 heterocycles. The smallest absolute Gasteiger partial charge is 0.326 e. The van der Waals surface area contributed by atoms with Crippen LogP contribution in [0.5, 0.6) is 0 Å². The quantitative estimate of drug-likeness (QED) is 0.0913. The van der Waals surface area contributed by atoms with E-state index in [4.69, 9.17) is 10.2 Å². The zero-order valence-electron chi connectivity index (χ0n) is 23.3. The molecule has 0 fully saturated rings. The van der Waals surface area contributed by atoms with Crippen LogP contribution in [0.2, 0.25) is 0 Å². The molecule has 0 aromatic heterocycles. The number of carboxylic acid groups (broad SMARTS) is 4. The van der Waals surface area contributed by atoms with Gasteiger partial charge < -0.3 is 36.4 Å². The second-order valence-corrected chi connectivity index (χ2v) is 9.98. The second kappa shape index (κ2) is 19.4. The summed E-state index contributed by atoms with van der Waals surface area (Å²) in [5, 5.41) is 43.8. The lowest BCUT2D eigenvalue weighted by Crippen LogP contribution is -2.53. The highest BCUT2D eigenvalue weighted by molar-refractivity contribution is 5.91. The molecular weight excluding hydrogens is 530 g/mol. The van der Waals surface area contributed by atoms with Gasteiger partial charge in [0.05, 0.1) is 5.92 Å². The molecular formula is C26H43N3O11. The topological polar surface area (TPSA) is 236 Å². The van der Waals surface area contributed by atoms with Crippen LogP contribution in [0.15, 0.2) is 0 Å². The maximum atomic E-state index is 13.0. The molecule has 0 saturated heterocycles. The molecule has 0 rings (SSSR count). The predicted molar refractivity (Wildman–Crippen MR) is 141 cm³/mol. The molecule has 0 radical (unpaired) electrons. The van der Waals surface area contributed by atoms with Crippen molar-refractivity contribution < 1.29 is 54.0 Å². The molecule has 0 aliphatic rings. The molecule has 7 N–H and O–H groups in total. The first-order chi connectivity index (χ1) is 18.7. The van der Waals surface area contributed by atoms with Crippen LogP contribution in [0.3, 0.4) is 0 Å². The summed E-state index contributed by atoms with van der Waals surface area (Å²) in [6, 6.07) is -4.28. The molecule has 0 aromatic carbocycles. The Kier molecular flexibility index (Phi) is 17.6. The normalized spacial score (nSPS) is 14.6. The number of nitrogens with one attached hydrogen (secondary N) is 3. The minimum absolute atomic E-state index is 0.0223. The molecule has 0 aromatic rings. The van der Waals surface area contributed by atoms with Gasteiger partial charge in [-0.25, -0.2) is 9.59 Å². The van der Waals surface area contributed by atoms with E-state index in [2.05, 4.69) is 16.0 Å². The van der Waals surface area contributed by atoms with Crippen molar-refractivity contribution in [1.29, 1.82) is 0 Å². The number of unbranched alkanes of at least 4 members (excludes halogenated alkanes) is 4. The minimum atomic E-state index is -1.50. The number of hydrogen-bond acceptors (Lipinski definition) is 7. The summed E-state index contributed by atoms with van der Waals surface area (Å²) in [5.41, 5.74) is 0. The Labute approximate surface area is 233 Å². The maximum absolute atomic E-state index is 13.0. The van der Waals surface area contributed by atoms with Crippen LogP contribution in [0.4, 0.5) is 0 Å². The van der Waals surface area contributed by atoms with Gasteiger partial charge in [-0.15, -0.1) is 0 Å². The van der Waals surface area contributed by atoms with E-state index in [0.29, 0.717) is 6.42 Å². The van der Waals surface area contributed by atoms with Crippen molar-refractivity contribution in [2.45, 2.75) is 110 Å². The van der Waals surface area contributed by atoms with E-state index in [1.807, 2.05) is 6.92 Å². The van der Waals surface area contributed by atoms with E-state index in [9.17, 15) is 43.8 Å². The van der Waals surface area contributed by atoms with E-state index in [1.165, 1.54) is 13.8 Å². The van der Waals surface area contributed by atoms with Crippen LogP contribution >= 0.6 is 0 Å². The van der Waals surface area contributed by atoms with Crippen LogP contribution in [0.1, 0.15) is 91.4 Å². The first kappa shape index (κ1) is 36.3. The van der Waals surface area contributed by atoms with Gasteiger partial charge in [-0.1, -0.05) is 46.5 Å². The fraction of sp³-hybridized carbons (Fsp3) is 0.731. The van der Waals surface area contributed by atoms with E-state index in [-0.39, 0.29) is 38.5 Å². The molecule has 3 amide bonds. The molecule has 0 aliphatic heterocycles. The highest BCUT2D eigenvalue weighted by atomic mass is 16.4. The molecule has 14 nitrogen and oxygen atoms in total. The summed E-state index contributed by atoms with van der Waals surface area (Å²) >= 11 is 0. The van der Waals surface area contributed by atoms with Gasteiger partial charge in [-0.3, -0.25) is 24.0 Å². The van der Waals surface area contributed by atoms with Crippen LogP contribution in [0, 0.1) is 11.8 Å². The summed E-state index contributed by atoms with van der Waals surface area (Å²) in [6.07, 6.45) is 3.24. The third kappa shape index (κ3) is 15.6. The van der Waals surface area contributed by atoms with Gasteiger partial charge in [-0.05, 0) is 32.1 Å². The van der Waals surface area contributed by atoms with Crippen molar-refractivity contribution in [1.82, 2.24) is 16.0 Å². The third-order valence-electron chi connectivity index (χ3n) is 6.32. The average molecular weight is 574 g/mol. The predicted octanol–water partition coefficient (Wildman–Crippen LogP) is 1.36. The highest BCUT2D eigenvalue weighted by Crippen LogP contribution is 2.13. The number of carbonyl (C=O) groups excluding carboxylic acids is 3. The molecule has 228 valence electrons. The monoisotopic (exact) mass is 573 g/mol. The van der Waals surface area contributed by atoms with Gasteiger partial charge in [0.2, 0.25) is 17.7 Å². The van der Waals surface area contributed by atoms with Crippen LogP contribution < -0.4 is 16.0 Å². The Morgan fingerprint density at radius 1 is 0.575 bits per heavy atom. The summed E-state index contributed by atoms with van der Waals surface area (Å²) < 4.78 is 0. The maximum Gasteiger partial charge on any atom is 0.326 e. The van der Waals surface area contributed by atoms with E-state index in [1.54, 1.807) is 0 Å². The lowest BCUT2D eigenvalue weighted by atomic mass is 9.97. The van der Waals surface area contributed by atoms with E-state index >= 15 is 0 Å². The van der Waals surface area contributed by atoms with Crippen molar-refractivity contribution in [3.63, 3.8) is 0 Å². The summed E-state index contributed by atoms with van der Waals surface area (Å²) in [6.45, 7) is 4.72. The van der Waals surface area contributed by atoms with Crippen LogP contribution in [-0.4, -0.2) is 80.2 Å². The van der Waals surface area contributed by atoms with E-state index < -0.39 is 71.6 Å². The molecule has 0 bridgehead atoms. The molecule has 0 saturated carbocycles. The summed E-state index contributed by atoms with van der Waals surface area (Å²) in [7, 11) is 0. The fourth-order valence-corrected chi connectivity index (χ4v) is 3.82. The van der Waals surface area contributed by atoms with Crippen molar-refractivity contribution in [3.8, 4) is 0 Å². The zero-order chi connectivity index (χ0) is 30.8. The molecule has 5 atom stereocenters. The SMILES string of the molecule is CCCCCCCC(=O)NC(CC(C)C(=O)NC(CC(C)C(=O)O)C(=O)O)C(=O)NC(CCCC(=O)O)C(=O)O. The standard InChI is InChI=1S/C26H43N3O11/c1-4-5-6-7-8-11-20(30)27-18(23(34)28-17(25(37)38)10-9-12-21(31)32)13-15(2)22(33)29-19(26(39)40)14-16(3)24(35)36/h15-19H,4-14H2,1-3H3,(H,27,30)(H,28,34)(H,29,33)(H,31,32)(H,35,36)(H,37,38)(H,39,40). The highest BCUT2D eigenvalue weighted by Gasteiger charge is 2.32. The fourth-order valence-electron chi connectivity index (χ4n) is 3.82. The molecule has 0 spiro atoms. The number of carboxylic acids is 4. The Morgan fingerprint density at radius 3 is 1.65 bits per heavy atom. The lowest BCUT2D eigenvalue weighted by molar-refractivity contribution is -0.146. The second-order valence-electron chi connectivity index (χ2n) is 9.98. The first-order valence-corrected chi connectivity index (χ1v) is 13.5. The van der Waals surface area contributed by atoms with Crippen molar-refractivity contribution >= 4 is 41.6 Å². The number of amides is 3.